The van der Waals surface area contributed by atoms with Crippen LogP contribution in [0.15, 0.2) is 11.1 Å². The standard InChI is InChI=1S/C19H22F3N3O4S2/c1-3-13-9-15(29-31(27,28)19(20,21)22)16-17(12(2)30-18(16)24-13)23-10-25(11-26)14-7-5-4-6-8-14/h9-11,14H,3-8H2,1-2H3. The zero-order chi connectivity index (χ0) is 22.8. The van der Waals surface area contributed by atoms with Crippen LogP contribution in [0.1, 0.15) is 49.6 Å². The predicted molar refractivity (Wildman–Crippen MR) is 112 cm³/mol. The van der Waals surface area contributed by atoms with Crippen LogP contribution in [0, 0.1) is 6.92 Å². The third kappa shape index (κ3) is 5.00. The number of amides is 1. The molecule has 0 bridgehead atoms. The van der Waals surface area contributed by atoms with Crippen LogP contribution in [0.2, 0.25) is 0 Å². The molecule has 0 saturated heterocycles. The summed E-state index contributed by atoms with van der Waals surface area (Å²) in [6.07, 6.45) is 7.17. The van der Waals surface area contributed by atoms with Gasteiger partial charge in [0.15, 0.2) is 5.75 Å². The Hall–Kier alpha value is -2.21. The zero-order valence-corrected chi connectivity index (χ0v) is 18.6. The van der Waals surface area contributed by atoms with Gasteiger partial charge in [-0.1, -0.05) is 26.2 Å². The van der Waals surface area contributed by atoms with Crippen molar-refractivity contribution in [3.05, 3.63) is 16.6 Å². The minimum absolute atomic E-state index is 0.00588. The maximum Gasteiger partial charge on any atom is 0.534 e. The van der Waals surface area contributed by atoms with Crippen LogP contribution < -0.4 is 4.18 Å². The Balaban J connectivity index is 2.07. The van der Waals surface area contributed by atoms with Crippen molar-refractivity contribution in [2.24, 2.45) is 4.99 Å². The second-order valence-corrected chi connectivity index (χ2v) is 9.97. The fourth-order valence-corrected chi connectivity index (χ4v) is 4.95. The lowest BCUT2D eigenvalue weighted by Gasteiger charge is -2.27. The normalized spacial score (nSPS) is 16.2. The van der Waals surface area contributed by atoms with Gasteiger partial charge in [-0.05, 0) is 26.2 Å². The van der Waals surface area contributed by atoms with E-state index in [0.717, 1.165) is 43.4 Å². The van der Waals surface area contributed by atoms with E-state index in [1.807, 2.05) is 0 Å². The van der Waals surface area contributed by atoms with Crippen molar-refractivity contribution in [2.45, 2.75) is 63.9 Å². The van der Waals surface area contributed by atoms with Gasteiger partial charge in [0.2, 0.25) is 6.41 Å². The van der Waals surface area contributed by atoms with Crippen molar-refractivity contribution in [1.82, 2.24) is 9.88 Å². The van der Waals surface area contributed by atoms with E-state index in [9.17, 15) is 26.4 Å². The number of hydrogen-bond acceptors (Lipinski definition) is 7. The van der Waals surface area contributed by atoms with Crippen LogP contribution in [-0.2, 0) is 21.3 Å². The summed E-state index contributed by atoms with van der Waals surface area (Å²) in [6.45, 7) is 3.43. The van der Waals surface area contributed by atoms with Gasteiger partial charge in [-0.2, -0.15) is 21.6 Å². The molecule has 2 heterocycles. The number of aromatic nitrogens is 1. The van der Waals surface area contributed by atoms with Gasteiger partial charge in [-0.25, -0.2) is 9.98 Å². The number of halogens is 3. The van der Waals surface area contributed by atoms with Gasteiger partial charge >= 0.3 is 15.6 Å². The molecule has 0 radical (unpaired) electrons. The summed E-state index contributed by atoms with van der Waals surface area (Å²) >= 11 is 1.16. The molecule has 12 heteroatoms. The van der Waals surface area contributed by atoms with E-state index < -0.39 is 21.4 Å². The highest BCUT2D eigenvalue weighted by atomic mass is 32.2. The molecule has 31 heavy (non-hydrogen) atoms. The van der Waals surface area contributed by atoms with E-state index in [-0.39, 0.29) is 17.1 Å². The lowest BCUT2D eigenvalue weighted by molar-refractivity contribution is -0.116. The van der Waals surface area contributed by atoms with Crippen LogP contribution in [0.5, 0.6) is 5.75 Å². The first-order valence-electron chi connectivity index (χ1n) is 9.78. The van der Waals surface area contributed by atoms with Gasteiger partial charge in [0.1, 0.15) is 4.83 Å². The van der Waals surface area contributed by atoms with Crippen molar-refractivity contribution in [3.63, 3.8) is 0 Å². The molecule has 2 aromatic heterocycles. The number of pyridine rings is 1. The van der Waals surface area contributed by atoms with Gasteiger partial charge in [-0.3, -0.25) is 4.79 Å². The minimum Gasteiger partial charge on any atom is -0.375 e. The van der Waals surface area contributed by atoms with E-state index in [2.05, 4.69) is 14.2 Å². The lowest BCUT2D eigenvalue weighted by Crippen LogP contribution is -2.34. The summed E-state index contributed by atoms with van der Waals surface area (Å²) in [5.41, 5.74) is -4.96. The number of alkyl halides is 3. The highest BCUT2D eigenvalue weighted by Crippen LogP contribution is 2.43. The van der Waals surface area contributed by atoms with E-state index in [1.54, 1.807) is 13.8 Å². The van der Waals surface area contributed by atoms with E-state index in [1.165, 1.54) is 17.3 Å². The molecular weight excluding hydrogens is 455 g/mol. The molecule has 1 aliphatic rings. The largest absolute Gasteiger partial charge is 0.534 e. The fraction of sp³-hybridized carbons (Fsp3) is 0.526. The number of carbonyl (C=O) groups excluding carboxylic acids is 1. The molecule has 7 nitrogen and oxygen atoms in total. The van der Waals surface area contributed by atoms with Crippen LogP contribution in [0.4, 0.5) is 18.9 Å². The summed E-state index contributed by atoms with van der Waals surface area (Å²) in [5.74, 6) is -0.481. The molecule has 1 aliphatic carbocycles. The fourth-order valence-electron chi connectivity index (χ4n) is 3.49. The summed E-state index contributed by atoms with van der Waals surface area (Å²) in [7, 11) is -5.87. The summed E-state index contributed by atoms with van der Waals surface area (Å²) in [5, 5.41) is 0.0678. The zero-order valence-electron chi connectivity index (χ0n) is 17.0. The van der Waals surface area contributed by atoms with Crippen molar-refractivity contribution in [3.8, 4) is 5.75 Å². The third-order valence-corrected chi connectivity index (χ3v) is 7.06. The first-order valence-corrected chi connectivity index (χ1v) is 12.0. The molecule has 0 spiro atoms. The number of rotatable bonds is 7. The van der Waals surface area contributed by atoms with Gasteiger partial charge in [0, 0.05) is 22.7 Å². The number of hydrogen-bond donors (Lipinski definition) is 0. The molecule has 3 rings (SSSR count). The average molecular weight is 478 g/mol. The first-order chi connectivity index (χ1) is 14.6. The molecule has 0 aromatic carbocycles. The Morgan fingerprint density at radius 1 is 1.32 bits per heavy atom. The Labute approximate surface area is 182 Å². The molecule has 0 atom stereocenters. The highest BCUT2D eigenvalue weighted by Gasteiger charge is 2.49. The van der Waals surface area contributed by atoms with Gasteiger partial charge in [0.25, 0.3) is 0 Å². The Kier molecular flexibility index (Phi) is 6.89. The second kappa shape index (κ2) is 9.11. The Bertz CT molecular complexity index is 1090. The number of carbonyl (C=O) groups is 1. The van der Waals surface area contributed by atoms with Crippen molar-refractivity contribution in [2.75, 3.05) is 0 Å². The monoisotopic (exact) mass is 477 g/mol. The topological polar surface area (TPSA) is 88.9 Å². The molecule has 1 saturated carbocycles. The Morgan fingerprint density at radius 2 is 2.00 bits per heavy atom. The average Bonchev–Trinajstić information content (AvgIpc) is 3.03. The van der Waals surface area contributed by atoms with Crippen LogP contribution >= 0.6 is 11.3 Å². The maximum atomic E-state index is 12.9. The summed E-state index contributed by atoms with van der Waals surface area (Å²) in [4.78, 5) is 22.6. The van der Waals surface area contributed by atoms with Crippen LogP contribution in [-0.4, -0.2) is 42.6 Å². The van der Waals surface area contributed by atoms with Crippen LogP contribution in [0.25, 0.3) is 10.2 Å². The van der Waals surface area contributed by atoms with Gasteiger partial charge < -0.3 is 9.08 Å². The number of fused-ring (bicyclic) bond motifs is 1. The highest BCUT2D eigenvalue weighted by molar-refractivity contribution is 7.88. The molecule has 170 valence electrons. The van der Waals surface area contributed by atoms with Crippen LogP contribution in [0.3, 0.4) is 0 Å². The first kappa shape index (κ1) is 23.5. The number of nitrogens with zero attached hydrogens (tertiary/aromatic N) is 3. The molecule has 1 amide bonds. The lowest BCUT2D eigenvalue weighted by atomic mass is 9.95. The van der Waals surface area contributed by atoms with Crippen molar-refractivity contribution >= 4 is 50.1 Å². The van der Waals surface area contributed by atoms with Gasteiger partial charge in [-0.15, -0.1) is 11.3 Å². The Morgan fingerprint density at radius 3 is 2.58 bits per heavy atom. The summed E-state index contributed by atoms with van der Waals surface area (Å²) in [6, 6.07) is 1.18. The number of aryl methyl sites for hydroxylation is 2. The molecule has 0 aliphatic heterocycles. The van der Waals surface area contributed by atoms with E-state index >= 15 is 0 Å². The van der Waals surface area contributed by atoms with Crippen molar-refractivity contribution in [1.29, 1.82) is 0 Å². The number of aliphatic imine (C=N–C) groups is 1. The quantitative estimate of drug-likeness (QED) is 0.187. The van der Waals surface area contributed by atoms with E-state index in [0.29, 0.717) is 28.2 Å². The number of thiophene rings is 1. The molecule has 2 aromatic rings. The molecule has 0 unspecified atom stereocenters. The second-order valence-electron chi connectivity index (χ2n) is 7.22. The smallest absolute Gasteiger partial charge is 0.375 e. The summed E-state index contributed by atoms with van der Waals surface area (Å²) < 4.78 is 66.5. The SMILES string of the molecule is CCc1cc(OS(=O)(=O)C(F)(F)F)c2c(N=CN(C=O)C3CCCCC3)c(C)sc2n1. The third-order valence-electron chi connectivity index (χ3n) is 5.11. The van der Waals surface area contributed by atoms with Gasteiger partial charge in [0.05, 0.1) is 17.4 Å². The maximum absolute atomic E-state index is 12.9. The van der Waals surface area contributed by atoms with E-state index in [4.69, 9.17) is 0 Å². The minimum atomic E-state index is -5.87. The molecule has 0 N–H and O–H groups in total. The molecule has 1 fully saturated rings. The molecular formula is C19H22F3N3O4S2. The predicted octanol–water partition coefficient (Wildman–Crippen LogP) is 4.85. The van der Waals surface area contributed by atoms with Crippen molar-refractivity contribution < 1.29 is 30.6 Å².